The average molecular weight is 280 g/mol. The minimum Gasteiger partial charge on any atom is -0.497 e. The number of hydrogen-bond acceptors (Lipinski definition) is 3. The SMILES string of the molecule is COc1cccc(C(=O)c2oc3ccc(C)cc3c2C)c1. The van der Waals surface area contributed by atoms with Crippen LogP contribution in [0.1, 0.15) is 27.2 Å². The van der Waals surface area contributed by atoms with Gasteiger partial charge in [-0.15, -0.1) is 0 Å². The quantitative estimate of drug-likeness (QED) is 0.672. The van der Waals surface area contributed by atoms with E-state index >= 15 is 0 Å². The van der Waals surface area contributed by atoms with Crippen LogP contribution < -0.4 is 4.74 Å². The third-order valence-electron chi connectivity index (χ3n) is 3.63. The Morgan fingerprint density at radius 1 is 1.10 bits per heavy atom. The minimum absolute atomic E-state index is 0.125. The first-order chi connectivity index (χ1) is 10.1. The standard InChI is InChI=1S/C18H16O3/c1-11-7-8-16-15(9-11)12(2)18(21-16)17(19)13-5-4-6-14(10-13)20-3/h4-10H,1-3H3. The fourth-order valence-electron chi connectivity index (χ4n) is 2.45. The van der Waals surface area contributed by atoms with Crippen molar-refractivity contribution >= 4 is 16.8 Å². The van der Waals surface area contributed by atoms with Crippen LogP contribution in [0.25, 0.3) is 11.0 Å². The smallest absolute Gasteiger partial charge is 0.228 e. The van der Waals surface area contributed by atoms with Crippen LogP contribution in [0.2, 0.25) is 0 Å². The van der Waals surface area contributed by atoms with Gasteiger partial charge in [-0.3, -0.25) is 4.79 Å². The molecule has 0 aliphatic heterocycles. The summed E-state index contributed by atoms with van der Waals surface area (Å²) in [5.41, 5.74) is 3.32. The molecule has 0 fully saturated rings. The minimum atomic E-state index is -0.125. The van der Waals surface area contributed by atoms with Crippen LogP contribution in [0.4, 0.5) is 0 Å². The van der Waals surface area contributed by atoms with Crippen molar-refractivity contribution in [3.8, 4) is 5.75 Å². The molecule has 0 amide bonds. The van der Waals surface area contributed by atoms with Gasteiger partial charge in [-0.05, 0) is 38.1 Å². The first-order valence-corrected chi connectivity index (χ1v) is 6.78. The van der Waals surface area contributed by atoms with E-state index in [0.29, 0.717) is 17.1 Å². The first kappa shape index (κ1) is 13.4. The van der Waals surface area contributed by atoms with Crippen LogP contribution in [0.15, 0.2) is 46.9 Å². The van der Waals surface area contributed by atoms with Gasteiger partial charge in [0.15, 0.2) is 5.76 Å². The number of aryl methyl sites for hydroxylation is 2. The van der Waals surface area contributed by atoms with Gasteiger partial charge in [-0.2, -0.15) is 0 Å². The zero-order valence-electron chi connectivity index (χ0n) is 12.3. The molecular formula is C18H16O3. The summed E-state index contributed by atoms with van der Waals surface area (Å²) < 4.78 is 10.9. The summed E-state index contributed by atoms with van der Waals surface area (Å²) in [4.78, 5) is 12.6. The molecule has 0 aliphatic carbocycles. The van der Waals surface area contributed by atoms with Crippen molar-refractivity contribution in [3.05, 3.63) is 64.9 Å². The van der Waals surface area contributed by atoms with Gasteiger partial charge in [-0.25, -0.2) is 0 Å². The van der Waals surface area contributed by atoms with Gasteiger partial charge in [0.25, 0.3) is 0 Å². The van der Waals surface area contributed by atoms with Crippen molar-refractivity contribution in [1.29, 1.82) is 0 Å². The lowest BCUT2D eigenvalue weighted by atomic mass is 10.0. The summed E-state index contributed by atoms with van der Waals surface area (Å²) in [5, 5.41) is 0.987. The van der Waals surface area contributed by atoms with Crippen molar-refractivity contribution in [2.75, 3.05) is 7.11 Å². The first-order valence-electron chi connectivity index (χ1n) is 6.78. The van der Waals surface area contributed by atoms with Gasteiger partial charge in [0.2, 0.25) is 5.78 Å². The Morgan fingerprint density at radius 2 is 1.90 bits per heavy atom. The van der Waals surface area contributed by atoms with Crippen LogP contribution >= 0.6 is 0 Å². The molecule has 0 saturated carbocycles. The Balaban J connectivity index is 2.11. The Bertz CT molecular complexity index is 828. The molecule has 0 spiro atoms. The summed E-state index contributed by atoms with van der Waals surface area (Å²) in [5.74, 6) is 0.926. The Kier molecular flexibility index (Phi) is 3.26. The van der Waals surface area contributed by atoms with E-state index in [1.54, 1.807) is 25.3 Å². The van der Waals surface area contributed by atoms with Gasteiger partial charge in [-0.1, -0.05) is 23.8 Å². The second kappa shape index (κ2) is 5.09. The Labute approximate surface area is 123 Å². The number of carbonyl (C=O) groups is 1. The van der Waals surface area contributed by atoms with Crippen molar-refractivity contribution in [1.82, 2.24) is 0 Å². The van der Waals surface area contributed by atoms with E-state index in [4.69, 9.17) is 9.15 Å². The lowest BCUT2D eigenvalue weighted by Gasteiger charge is -2.02. The zero-order chi connectivity index (χ0) is 15.0. The van der Waals surface area contributed by atoms with Crippen LogP contribution in [0, 0.1) is 13.8 Å². The summed E-state index contributed by atoms with van der Waals surface area (Å²) in [6.07, 6.45) is 0. The van der Waals surface area contributed by atoms with Crippen molar-refractivity contribution in [2.45, 2.75) is 13.8 Å². The number of ketones is 1. The fraction of sp³-hybridized carbons (Fsp3) is 0.167. The van der Waals surface area contributed by atoms with E-state index in [9.17, 15) is 4.79 Å². The summed E-state index contributed by atoms with van der Waals surface area (Å²) in [6, 6.07) is 13.0. The molecule has 3 aromatic rings. The topological polar surface area (TPSA) is 39.4 Å². The number of rotatable bonds is 3. The molecular weight excluding hydrogens is 264 g/mol. The third-order valence-corrected chi connectivity index (χ3v) is 3.63. The molecule has 3 heteroatoms. The van der Waals surface area contributed by atoms with Crippen LogP contribution in [-0.4, -0.2) is 12.9 Å². The largest absolute Gasteiger partial charge is 0.497 e. The maximum Gasteiger partial charge on any atom is 0.228 e. The molecule has 0 saturated heterocycles. The highest BCUT2D eigenvalue weighted by Gasteiger charge is 2.19. The number of hydrogen-bond donors (Lipinski definition) is 0. The zero-order valence-corrected chi connectivity index (χ0v) is 12.3. The highest BCUT2D eigenvalue weighted by molar-refractivity contribution is 6.10. The van der Waals surface area contributed by atoms with Gasteiger partial charge in [0.05, 0.1) is 7.11 Å². The van der Waals surface area contributed by atoms with E-state index in [2.05, 4.69) is 0 Å². The molecule has 21 heavy (non-hydrogen) atoms. The van der Waals surface area contributed by atoms with E-state index in [1.165, 1.54) is 0 Å². The number of furan rings is 1. The maximum absolute atomic E-state index is 12.6. The second-order valence-corrected chi connectivity index (χ2v) is 5.12. The molecule has 0 bridgehead atoms. The van der Waals surface area contributed by atoms with Gasteiger partial charge in [0.1, 0.15) is 11.3 Å². The monoisotopic (exact) mass is 280 g/mol. The molecule has 106 valence electrons. The van der Waals surface area contributed by atoms with E-state index in [1.807, 2.05) is 38.1 Å². The summed E-state index contributed by atoms with van der Waals surface area (Å²) in [6.45, 7) is 3.94. The fourth-order valence-corrected chi connectivity index (χ4v) is 2.45. The molecule has 0 atom stereocenters. The van der Waals surface area contributed by atoms with Crippen molar-refractivity contribution < 1.29 is 13.9 Å². The predicted molar refractivity (Wildman–Crippen MR) is 82.1 cm³/mol. The molecule has 3 nitrogen and oxygen atoms in total. The number of methoxy groups -OCH3 is 1. The number of carbonyl (C=O) groups excluding carboxylic acids is 1. The molecule has 0 unspecified atom stereocenters. The van der Waals surface area contributed by atoms with E-state index in [-0.39, 0.29) is 5.78 Å². The molecule has 0 aliphatic rings. The van der Waals surface area contributed by atoms with E-state index < -0.39 is 0 Å². The third kappa shape index (κ3) is 2.31. The molecule has 2 aromatic carbocycles. The van der Waals surface area contributed by atoms with Gasteiger partial charge in [0, 0.05) is 16.5 Å². The van der Waals surface area contributed by atoms with Crippen LogP contribution in [0.5, 0.6) is 5.75 Å². The number of benzene rings is 2. The van der Waals surface area contributed by atoms with E-state index in [0.717, 1.165) is 22.1 Å². The van der Waals surface area contributed by atoms with Crippen LogP contribution in [0.3, 0.4) is 0 Å². The maximum atomic E-state index is 12.6. The Hall–Kier alpha value is -2.55. The Morgan fingerprint density at radius 3 is 2.67 bits per heavy atom. The summed E-state index contributed by atoms with van der Waals surface area (Å²) in [7, 11) is 1.58. The van der Waals surface area contributed by atoms with Gasteiger partial charge >= 0.3 is 0 Å². The van der Waals surface area contributed by atoms with Gasteiger partial charge < -0.3 is 9.15 Å². The average Bonchev–Trinajstić information content (AvgIpc) is 2.83. The molecule has 0 radical (unpaired) electrons. The van der Waals surface area contributed by atoms with Crippen molar-refractivity contribution in [2.24, 2.45) is 0 Å². The number of fused-ring (bicyclic) bond motifs is 1. The highest BCUT2D eigenvalue weighted by atomic mass is 16.5. The molecule has 1 aromatic heterocycles. The molecule has 3 rings (SSSR count). The predicted octanol–water partition coefficient (Wildman–Crippen LogP) is 4.29. The highest BCUT2D eigenvalue weighted by Crippen LogP contribution is 2.28. The normalized spacial score (nSPS) is 10.8. The lowest BCUT2D eigenvalue weighted by Crippen LogP contribution is -2.01. The summed E-state index contributed by atoms with van der Waals surface area (Å²) >= 11 is 0. The molecule has 1 heterocycles. The molecule has 0 N–H and O–H groups in total. The van der Waals surface area contributed by atoms with Crippen LogP contribution in [-0.2, 0) is 0 Å². The van der Waals surface area contributed by atoms with Crippen molar-refractivity contribution in [3.63, 3.8) is 0 Å². The number of ether oxygens (including phenoxy) is 1. The second-order valence-electron chi connectivity index (χ2n) is 5.12. The lowest BCUT2D eigenvalue weighted by molar-refractivity contribution is 0.101.